The van der Waals surface area contributed by atoms with Crippen LogP contribution < -0.4 is 9.47 Å². The van der Waals surface area contributed by atoms with Crippen molar-refractivity contribution in [1.29, 1.82) is 0 Å². The molecule has 0 amide bonds. The molecule has 0 unspecified atom stereocenters. The van der Waals surface area contributed by atoms with Crippen LogP contribution >= 0.6 is 0 Å². The zero-order valence-electron chi connectivity index (χ0n) is 15.2. The molecule has 1 atom stereocenters. The summed E-state index contributed by atoms with van der Waals surface area (Å²) in [6.07, 6.45) is 4.42. The summed E-state index contributed by atoms with van der Waals surface area (Å²) in [6, 6.07) is 5.82. The van der Waals surface area contributed by atoms with Crippen LogP contribution in [-0.2, 0) is 7.05 Å². The van der Waals surface area contributed by atoms with Crippen molar-refractivity contribution in [2.75, 3.05) is 13.2 Å². The average molecular weight is 354 g/mol. The number of ether oxygens (including phenoxy) is 2. The number of benzene rings is 1. The highest BCUT2D eigenvalue weighted by Crippen LogP contribution is 2.34. The molecule has 2 aromatic heterocycles. The number of fused-ring (bicyclic) bond motifs is 1. The third kappa shape index (κ3) is 3.14. The van der Waals surface area contributed by atoms with Crippen LogP contribution in [0.2, 0.25) is 0 Å². The van der Waals surface area contributed by atoms with E-state index < -0.39 is 0 Å². The third-order valence-electron chi connectivity index (χ3n) is 4.41. The fourth-order valence-electron chi connectivity index (χ4n) is 3.15. The quantitative estimate of drug-likeness (QED) is 0.700. The molecule has 0 aliphatic carbocycles. The zero-order chi connectivity index (χ0) is 18.1. The summed E-state index contributed by atoms with van der Waals surface area (Å²) >= 11 is 0. The summed E-state index contributed by atoms with van der Waals surface area (Å²) in [5, 5.41) is 12.9. The Morgan fingerprint density at radius 3 is 2.69 bits per heavy atom. The second kappa shape index (κ2) is 6.78. The van der Waals surface area contributed by atoms with E-state index in [1.54, 1.807) is 11.0 Å². The van der Waals surface area contributed by atoms with Gasteiger partial charge >= 0.3 is 0 Å². The van der Waals surface area contributed by atoms with Gasteiger partial charge in [0.15, 0.2) is 17.3 Å². The number of nitrogens with zero attached hydrogens (tertiary/aromatic N) is 6. The zero-order valence-corrected chi connectivity index (χ0v) is 15.2. The number of aryl methyl sites for hydroxylation is 1. The van der Waals surface area contributed by atoms with Crippen LogP contribution in [0.1, 0.15) is 32.1 Å². The van der Waals surface area contributed by atoms with Crippen molar-refractivity contribution < 1.29 is 9.47 Å². The fourth-order valence-corrected chi connectivity index (χ4v) is 3.15. The van der Waals surface area contributed by atoms with Gasteiger partial charge in [-0.25, -0.2) is 9.67 Å². The lowest BCUT2D eigenvalue weighted by atomic mass is 10.0. The molecular formula is C18H22N6O2. The van der Waals surface area contributed by atoms with Crippen molar-refractivity contribution in [3.05, 3.63) is 36.5 Å². The molecule has 4 rings (SSSR count). The summed E-state index contributed by atoms with van der Waals surface area (Å²) in [5.74, 6) is 2.87. The number of hydrogen-bond donors (Lipinski definition) is 0. The van der Waals surface area contributed by atoms with Crippen LogP contribution in [0, 0.1) is 5.92 Å². The molecule has 0 fully saturated rings. The Labute approximate surface area is 151 Å². The van der Waals surface area contributed by atoms with Gasteiger partial charge in [-0.1, -0.05) is 19.1 Å². The van der Waals surface area contributed by atoms with E-state index in [-0.39, 0.29) is 6.04 Å². The smallest absolute Gasteiger partial charge is 0.162 e. The Kier molecular flexibility index (Phi) is 4.32. The molecule has 0 N–H and O–H groups in total. The average Bonchev–Trinajstić information content (AvgIpc) is 3.28. The maximum absolute atomic E-state index is 5.67. The Morgan fingerprint density at radius 2 is 1.96 bits per heavy atom. The van der Waals surface area contributed by atoms with Crippen LogP contribution in [0.4, 0.5) is 0 Å². The van der Waals surface area contributed by atoms with Gasteiger partial charge in [-0.2, -0.15) is 5.10 Å². The van der Waals surface area contributed by atoms with E-state index in [1.165, 1.54) is 0 Å². The van der Waals surface area contributed by atoms with E-state index in [4.69, 9.17) is 9.47 Å². The van der Waals surface area contributed by atoms with Crippen molar-refractivity contribution in [1.82, 2.24) is 29.8 Å². The van der Waals surface area contributed by atoms with E-state index in [0.717, 1.165) is 35.0 Å². The maximum atomic E-state index is 5.67. The van der Waals surface area contributed by atoms with E-state index in [9.17, 15) is 0 Å². The van der Waals surface area contributed by atoms with Gasteiger partial charge in [-0.3, -0.25) is 4.68 Å². The van der Waals surface area contributed by atoms with Crippen molar-refractivity contribution in [2.24, 2.45) is 13.0 Å². The molecule has 136 valence electrons. The topological polar surface area (TPSA) is 79.9 Å². The minimum atomic E-state index is -0.0130. The van der Waals surface area contributed by atoms with Gasteiger partial charge in [0.25, 0.3) is 0 Å². The van der Waals surface area contributed by atoms with E-state index in [0.29, 0.717) is 19.1 Å². The Hall–Kier alpha value is -2.90. The Balaban J connectivity index is 1.66. The highest BCUT2D eigenvalue weighted by Gasteiger charge is 2.22. The summed E-state index contributed by atoms with van der Waals surface area (Å²) in [5.41, 5.74) is 1.74. The first kappa shape index (κ1) is 16.6. The number of aromatic nitrogens is 6. The van der Waals surface area contributed by atoms with Crippen LogP contribution in [0.15, 0.2) is 30.7 Å². The maximum Gasteiger partial charge on any atom is 0.162 e. The summed E-state index contributed by atoms with van der Waals surface area (Å²) in [6.45, 7) is 5.51. The number of rotatable bonds is 5. The standard InChI is InChI=1S/C18H22N6O2/c1-12(2)8-15(18-19-11-20-23(18)3)24-10-14(21-22-24)13-4-5-16-17(9-13)26-7-6-25-16/h4-5,9-12,15H,6-8H2,1-3H3/t15-/m1/s1. The van der Waals surface area contributed by atoms with E-state index in [2.05, 4.69) is 34.2 Å². The largest absolute Gasteiger partial charge is 0.486 e. The Morgan fingerprint density at radius 1 is 1.15 bits per heavy atom. The summed E-state index contributed by atoms with van der Waals surface area (Å²) < 4.78 is 14.9. The van der Waals surface area contributed by atoms with Gasteiger partial charge < -0.3 is 9.47 Å². The van der Waals surface area contributed by atoms with Crippen LogP contribution in [0.5, 0.6) is 11.5 Å². The predicted octanol–water partition coefficient (Wildman–Crippen LogP) is 2.48. The van der Waals surface area contributed by atoms with Gasteiger partial charge in [-0.05, 0) is 30.5 Å². The van der Waals surface area contributed by atoms with Gasteiger partial charge in [0.1, 0.15) is 31.3 Å². The molecule has 1 aromatic carbocycles. The van der Waals surface area contributed by atoms with Crippen LogP contribution in [0.25, 0.3) is 11.3 Å². The first-order valence-electron chi connectivity index (χ1n) is 8.77. The minimum Gasteiger partial charge on any atom is -0.486 e. The Bertz CT molecular complexity index is 901. The molecule has 0 radical (unpaired) electrons. The SMILES string of the molecule is CC(C)C[C@H](c1ncnn1C)n1cc(-c2ccc3c(c2)OCCO3)nn1. The van der Waals surface area contributed by atoms with Gasteiger partial charge in [-0.15, -0.1) is 5.10 Å². The normalized spacial score (nSPS) is 14.6. The van der Waals surface area contributed by atoms with Crippen molar-refractivity contribution in [2.45, 2.75) is 26.3 Å². The van der Waals surface area contributed by atoms with Crippen molar-refractivity contribution >= 4 is 0 Å². The monoisotopic (exact) mass is 354 g/mol. The van der Waals surface area contributed by atoms with Crippen LogP contribution in [0.3, 0.4) is 0 Å². The molecule has 26 heavy (non-hydrogen) atoms. The molecule has 0 bridgehead atoms. The van der Waals surface area contributed by atoms with E-state index in [1.807, 2.05) is 36.1 Å². The fraction of sp³-hybridized carbons (Fsp3) is 0.444. The predicted molar refractivity (Wildman–Crippen MR) is 95.0 cm³/mol. The molecule has 8 heteroatoms. The highest BCUT2D eigenvalue weighted by atomic mass is 16.6. The second-order valence-electron chi connectivity index (χ2n) is 6.83. The summed E-state index contributed by atoms with van der Waals surface area (Å²) in [4.78, 5) is 4.41. The lowest BCUT2D eigenvalue weighted by Gasteiger charge is -2.18. The number of hydrogen-bond acceptors (Lipinski definition) is 6. The highest BCUT2D eigenvalue weighted by molar-refractivity contribution is 5.63. The molecule has 0 spiro atoms. The molecular weight excluding hydrogens is 332 g/mol. The van der Waals surface area contributed by atoms with Crippen molar-refractivity contribution in [3.8, 4) is 22.8 Å². The molecule has 1 aliphatic heterocycles. The van der Waals surface area contributed by atoms with Gasteiger partial charge in [0.2, 0.25) is 0 Å². The lowest BCUT2D eigenvalue weighted by molar-refractivity contribution is 0.171. The molecule has 3 aromatic rings. The third-order valence-corrected chi connectivity index (χ3v) is 4.41. The second-order valence-corrected chi connectivity index (χ2v) is 6.83. The molecule has 3 heterocycles. The minimum absolute atomic E-state index is 0.0130. The molecule has 0 saturated heterocycles. The first-order valence-corrected chi connectivity index (χ1v) is 8.77. The van der Waals surface area contributed by atoms with Crippen molar-refractivity contribution in [3.63, 3.8) is 0 Å². The lowest BCUT2D eigenvalue weighted by Crippen LogP contribution is -2.18. The van der Waals surface area contributed by atoms with Crippen LogP contribution in [-0.4, -0.2) is 43.0 Å². The first-order chi connectivity index (χ1) is 12.6. The molecule has 1 aliphatic rings. The molecule has 8 nitrogen and oxygen atoms in total. The van der Waals surface area contributed by atoms with Gasteiger partial charge in [0.05, 0.1) is 6.20 Å². The molecule has 0 saturated carbocycles. The van der Waals surface area contributed by atoms with Gasteiger partial charge in [0, 0.05) is 12.6 Å². The van der Waals surface area contributed by atoms with E-state index >= 15 is 0 Å². The summed E-state index contributed by atoms with van der Waals surface area (Å²) in [7, 11) is 1.90.